The largest absolute Gasteiger partial charge is 0.320 e. The van der Waals surface area contributed by atoms with Crippen LogP contribution in [0.4, 0.5) is 0 Å². The summed E-state index contributed by atoms with van der Waals surface area (Å²) in [4.78, 5) is 12.7. The summed E-state index contributed by atoms with van der Waals surface area (Å²) in [6.07, 6.45) is 6.87. The van der Waals surface area contributed by atoms with Crippen LogP contribution in [0.5, 0.6) is 0 Å². The second kappa shape index (κ2) is 3.56. The van der Waals surface area contributed by atoms with Crippen LogP contribution in [0.15, 0.2) is 11.8 Å². The maximum atomic E-state index is 10.9. The maximum Gasteiger partial charge on any atom is 0.223 e. The van der Waals surface area contributed by atoms with Crippen molar-refractivity contribution >= 4 is 5.91 Å². The van der Waals surface area contributed by atoms with Crippen LogP contribution in [0.25, 0.3) is 0 Å². The molecule has 0 saturated carbocycles. The first-order chi connectivity index (χ1) is 5.22. The van der Waals surface area contributed by atoms with Gasteiger partial charge in [0, 0.05) is 19.7 Å². The predicted octanol–water partition coefficient (Wildman–Crippen LogP) is 1.92. The Hall–Kier alpha value is -0.790. The third-order valence-corrected chi connectivity index (χ3v) is 2.17. The molecular weight excluding hydrogens is 138 g/mol. The number of carbonyl (C=O) groups is 1. The number of hydrogen-bond donors (Lipinski definition) is 0. The zero-order chi connectivity index (χ0) is 8.27. The lowest BCUT2D eigenvalue weighted by Crippen LogP contribution is -2.23. The zero-order valence-electron chi connectivity index (χ0n) is 7.26. The van der Waals surface area contributed by atoms with Gasteiger partial charge in [-0.2, -0.15) is 0 Å². The van der Waals surface area contributed by atoms with Crippen molar-refractivity contribution in [2.24, 2.45) is 0 Å². The Morgan fingerprint density at radius 1 is 1.55 bits per heavy atom. The highest BCUT2D eigenvalue weighted by molar-refractivity contribution is 5.74. The molecule has 0 bridgehead atoms. The molecule has 0 radical (unpaired) electrons. The molecule has 0 unspecified atom stereocenters. The minimum absolute atomic E-state index is 0.137. The van der Waals surface area contributed by atoms with E-state index in [1.807, 2.05) is 7.05 Å². The van der Waals surface area contributed by atoms with Crippen LogP contribution >= 0.6 is 0 Å². The van der Waals surface area contributed by atoms with Crippen molar-refractivity contribution in [3.63, 3.8) is 0 Å². The smallest absolute Gasteiger partial charge is 0.223 e. The molecule has 0 aromatic heterocycles. The van der Waals surface area contributed by atoms with Crippen LogP contribution in [0.3, 0.4) is 0 Å². The molecule has 1 amide bonds. The van der Waals surface area contributed by atoms with Crippen LogP contribution in [-0.2, 0) is 4.79 Å². The topological polar surface area (TPSA) is 20.3 Å². The van der Waals surface area contributed by atoms with E-state index in [1.165, 1.54) is 18.5 Å². The summed E-state index contributed by atoms with van der Waals surface area (Å²) in [7, 11) is 1.85. The van der Waals surface area contributed by atoms with E-state index in [0.29, 0.717) is 0 Å². The molecule has 2 heteroatoms. The van der Waals surface area contributed by atoms with Crippen LogP contribution in [0.1, 0.15) is 32.6 Å². The number of allylic oxidation sites excluding steroid dienone is 2. The van der Waals surface area contributed by atoms with Gasteiger partial charge in [0.15, 0.2) is 0 Å². The highest BCUT2D eigenvalue weighted by Gasteiger charge is 2.10. The predicted molar refractivity (Wildman–Crippen MR) is 45.0 cm³/mol. The van der Waals surface area contributed by atoms with Crippen LogP contribution < -0.4 is 0 Å². The van der Waals surface area contributed by atoms with Crippen molar-refractivity contribution < 1.29 is 4.79 Å². The van der Waals surface area contributed by atoms with E-state index in [-0.39, 0.29) is 5.91 Å². The van der Waals surface area contributed by atoms with Gasteiger partial charge in [-0.25, -0.2) is 0 Å². The van der Waals surface area contributed by atoms with Gasteiger partial charge < -0.3 is 4.90 Å². The molecule has 62 valence electrons. The number of rotatable bonds is 1. The van der Waals surface area contributed by atoms with Gasteiger partial charge in [0.1, 0.15) is 0 Å². The first kappa shape index (κ1) is 8.31. The fraction of sp³-hybridized carbons (Fsp3) is 0.667. The van der Waals surface area contributed by atoms with Crippen molar-refractivity contribution in [3.05, 3.63) is 11.8 Å². The van der Waals surface area contributed by atoms with Crippen LogP contribution in [0, 0.1) is 0 Å². The minimum atomic E-state index is 0.137. The second-order valence-electron chi connectivity index (χ2n) is 3.02. The summed E-state index contributed by atoms with van der Waals surface area (Å²) in [6, 6.07) is 0. The van der Waals surface area contributed by atoms with Gasteiger partial charge in [-0.05, 0) is 25.7 Å². The molecule has 1 aliphatic rings. The Morgan fingerprint density at radius 3 is 2.73 bits per heavy atom. The van der Waals surface area contributed by atoms with Gasteiger partial charge in [0.2, 0.25) is 5.91 Å². The number of carbonyl (C=O) groups excluding carboxylic acids is 1. The summed E-state index contributed by atoms with van der Waals surface area (Å²) < 4.78 is 0. The molecule has 1 aliphatic carbocycles. The summed E-state index contributed by atoms with van der Waals surface area (Å²) in [5.74, 6) is 0.137. The molecule has 2 nitrogen and oxygen atoms in total. The maximum absolute atomic E-state index is 10.9. The molecule has 0 aromatic rings. The Balaban J connectivity index is 2.58. The second-order valence-corrected chi connectivity index (χ2v) is 3.02. The average Bonchev–Trinajstić information content (AvgIpc) is 2.05. The highest BCUT2D eigenvalue weighted by Crippen LogP contribution is 2.19. The Labute approximate surface area is 67.9 Å². The molecule has 1 rings (SSSR count). The first-order valence-corrected chi connectivity index (χ1v) is 4.15. The highest BCUT2D eigenvalue weighted by atomic mass is 16.2. The van der Waals surface area contributed by atoms with Gasteiger partial charge in [-0.15, -0.1) is 0 Å². The minimum Gasteiger partial charge on any atom is -0.320 e. The first-order valence-electron chi connectivity index (χ1n) is 4.15. The van der Waals surface area contributed by atoms with Crippen molar-refractivity contribution in [2.45, 2.75) is 32.6 Å². The standard InChI is InChI=1S/C9H15NO/c1-8(11)10(2)9-6-4-3-5-7-9/h6H,3-5,7H2,1-2H3. The fourth-order valence-corrected chi connectivity index (χ4v) is 1.33. The Kier molecular flexibility index (Phi) is 2.69. The third-order valence-electron chi connectivity index (χ3n) is 2.17. The molecule has 0 aliphatic heterocycles. The Morgan fingerprint density at radius 2 is 2.27 bits per heavy atom. The monoisotopic (exact) mass is 153 g/mol. The Bertz CT molecular complexity index is 184. The fourth-order valence-electron chi connectivity index (χ4n) is 1.33. The molecule has 0 atom stereocenters. The number of nitrogens with zero attached hydrogens (tertiary/aromatic N) is 1. The third kappa shape index (κ3) is 2.07. The van der Waals surface area contributed by atoms with Gasteiger partial charge in [0.25, 0.3) is 0 Å². The SMILES string of the molecule is CC(=O)N(C)C1=CCCCC1. The molecule has 0 fully saturated rings. The van der Waals surface area contributed by atoms with E-state index < -0.39 is 0 Å². The molecule has 11 heavy (non-hydrogen) atoms. The van der Waals surface area contributed by atoms with Crippen LogP contribution in [-0.4, -0.2) is 17.9 Å². The van der Waals surface area contributed by atoms with E-state index >= 15 is 0 Å². The van der Waals surface area contributed by atoms with E-state index in [2.05, 4.69) is 6.08 Å². The normalized spacial score (nSPS) is 17.5. The molecule has 0 heterocycles. The molecule has 0 aromatic carbocycles. The lowest BCUT2D eigenvalue weighted by Gasteiger charge is -2.21. The van der Waals surface area contributed by atoms with Crippen molar-refractivity contribution in [3.8, 4) is 0 Å². The van der Waals surface area contributed by atoms with Gasteiger partial charge >= 0.3 is 0 Å². The average molecular weight is 153 g/mol. The quantitative estimate of drug-likeness (QED) is 0.563. The van der Waals surface area contributed by atoms with Gasteiger partial charge in [0.05, 0.1) is 0 Å². The van der Waals surface area contributed by atoms with Gasteiger partial charge in [-0.3, -0.25) is 4.79 Å². The summed E-state index contributed by atoms with van der Waals surface area (Å²) >= 11 is 0. The number of hydrogen-bond acceptors (Lipinski definition) is 1. The van der Waals surface area contributed by atoms with E-state index in [0.717, 1.165) is 12.8 Å². The zero-order valence-corrected chi connectivity index (χ0v) is 7.26. The lowest BCUT2D eigenvalue weighted by molar-refractivity contribution is -0.126. The number of amides is 1. The molecule has 0 spiro atoms. The molecule has 0 N–H and O–H groups in total. The summed E-state index contributed by atoms with van der Waals surface area (Å²) in [6.45, 7) is 1.61. The lowest BCUT2D eigenvalue weighted by atomic mass is 10.0. The van der Waals surface area contributed by atoms with Crippen LogP contribution in [0.2, 0.25) is 0 Å². The molecular formula is C9H15NO. The summed E-state index contributed by atoms with van der Waals surface area (Å²) in [5.41, 5.74) is 1.20. The van der Waals surface area contributed by atoms with Crippen molar-refractivity contribution in [1.29, 1.82) is 0 Å². The van der Waals surface area contributed by atoms with Gasteiger partial charge in [-0.1, -0.05) is 6.08 Å². The van der Waals surface area contributed by atoms with E-state index in [4.69, 9.17) is 0 Å². The summed E-state index contributed by atoms with van der Waals surface area (Å²) in [5, 5.41) is 0. The van der Waals surface area contributed by atoms with Crippen molar-refractivity contribution in [2.75, 3.05) is 7.05 Å². The van der Waals surface area contributed by atoms with E-state index in [1.54, 1.807) is 11.8 Å². The molecule has 0 saturated heterocycles. The van der Waals surface area contributed by atoms with E-state index in [9.17, 15) is 4.79 Å². The van der Waals surface area contributed by atoms with Crippen molar-refractivity contribution in [1.82, 2.24) is 4.90 Å².